The minimum atomic E-state index is -3.56. The SMILES string of the molecule is Cc1cc(C)c(C)c(S(=O)(=O)N2CCN(C(C)c3nnc(-c4ccccc4)o3)CC2)c1C. The van der Waals surface area contributed by atoms with Crippen LogP contribution < -0.4 is 0 Å². The van der Waals surface area contributed by atoms with E-state index in [2.05, 4.69) is 21.2 Å². The first-order valence-corrected chi connectivity index (χ1v) is 12.3. The van der Waals surface area contributed by atoms with Crippen molar-refractivity contribution in [1.82, 2.24) is 19.4 Å². The van der Waals surface area contributed by atoms with Gasteiger partial charge in [0.25, 0.3) is 0 Å². The summed E-state index contributed by atoms with van der Waals surface area (Å²) in [5.41, 5.74) is 4.56. The Labute approximate surface area is 190 Å². The lowest BCUT2D eigenvalue weighted by molar-refractivity contribution is 0.129. The molecule has 4 rings (SSSR count). The largest absolute Gasteiger partial charge is 0.419 e. The van der Waals surface area contributed by atoms with Crippen LogP contribution in [0.3, 0.4) is 0 Å². The Morgan fingerprint density at radius 1 is 0.906 bits per heavy atom. The minimum absolute atomic E-state index is 0.0884. The lowest BCUT2D eigenvalue weighted by Gasteiger charge is -2.36. The zero-order valence-corrected chi connectivity index (χ0v) is 20.1. The second-order valence-electron chi connectivity index (χ2n) is 8.52. The number of nitrogens with zero attached hydrogens (tertiary/aromatic N) is 4. The molecule has 0 N–H and O–H groups in total. The van der Waals surface area contributed by atoms with Crippen molar-refractivity contribution in [2.75, 3.05) is 26.2 Å². The third-order valence-electron chi connectivity index (χ3n) is 6.53. The number of hydrogen-bond donors (Lipinski definition) is 0. The van der Waals surface area contributed by atoms with Gasteiger partial charge in [-0.15, -0.1) is 10.2 Å². The molecule has 0 radical (unpaired) electrons. The number of benzene rings is 2. The van der Waals surface area contributed by atoms with Crippen molar-refractivity contribution in [3.8, 4) is 11.5 Å². The summed E-state index contributed by atoms with van der Waals surface area (Å²) in [7, 11) is -3.56. The van der Waals surface area contributed by atoms with Crippen LogP contribution in [0.15, 0.2) is 45.7 Å². The van der Waals surface area contributed by atoms with E-state index in [0.29, 0.717) is 42.9 Å². The van der Waals surface area contributed by atoms with Gasteiger partial charge in [0.1, 0.15) is 0 Å². The van der Waals surface area contributed by atoms with Crippen LogP contribution in [0, 0.1) is 27.7 Å². The Kier molecular flexibility index (Phi) is 6.20. The molecular formula is C24H30N4O3S. The Bertz CT molecular complexity index is 1190. The highest BCUT2D eigenvalue weighted by Gasteiger charge is 2.34. The number of aromatic nitrogens is 2. The van der Waals surface area contributed by atoms with Crippen molar-refractivity contribution in [2.24, 2.45) is 0 Å². The first-order valence-electron chi connectivity index (χ1n) is 10.9. The molecule has 2 heterocycles. The maximum atomic E-state index is 13.5. The molecule has 0 amide bonds. The van der Waals surface area contributed by atoms with E-state index >= 15 is 0 Å². The van der Waals surface area contributed by atoms with Gasteiger partial charge in [-0.1, -0.05) is 24.3 Å². The van der Waals surface area contributed by atoms with Crippen LogP contribution in [0.1, 0.15) is 41.1 Å². The van der Waals surface area contributed by atoms with Crippen LogP contribution in [-0.4, -0.2) is 54.0 Å². The molecule has 3 aromatic rings. The van der Waals surface area contributed by atoms with Crippen LogP contribution in [0.25, 0.3) is 11.5 Å². The molecular weight excluding hydrogens is 424 g/mol. The third-order valence-corrected chi connectivity index (χ3v) is 8.71. The maximum Gasteiger partial charge on any atom is 0.247 e. The molecule has 0 saturated carbocycles. The van der Waals surface area contributed by atoms with Crippen LogP contribution in [0.5, 0.6) is 0 Å². The van der Waals surface area contributed by atoms with E-state index < -0.39 is 10.0 Å². The van der Waals surface area contributed by atoms with Crippen LogP contribution in [0.2, 0.25) is 0 Å². The smallest absolute Gasteiger partial charge is 0.247 e. The second-order valence-corrected chi connectivity index (χ2v) is 10.4. The Balaban J connectivity index is 1.48. The molecule has 1 aliphatic rings. The topological polar surface area (TPSA) is 79.5 Å². The van der Waals surface area contributed by atoms with Crippen LogP contribution >= 0.6 is 0 Å². The minimum Gasteiger partial charge on any atom is -0.419 e. The van der Waals surface area contributed by atoms with E-state index in [1.165, 1.54) is 0 Å². The number of aryl methyl sites for hydroxylation is 2. The summed E-state index contributed by atoms with van der Waals surface area (Å²) in [4.78, 5) is 2.65. The third kappa shape index (κ3) is 4.10. The molecule has 1 aromatic heterocycles. The average molecular weight is 455 g/mol. The molecule has 1 aliphatic heterocycles. The number of piperazine rings is 1. The second kappa shape index (κ2) is 8.77. The molecule has 0 aliphatic carbocycles. The van der Waals surface area contributed by atoms with Gasteiger partial charge in [-0.25, -0.2) is 8.42 Å². The van der Waals surface area contributed by atoms with E-state index in [4.69, 9.17) is 4.42 Å². The molecule has 0 spiro atoms. The molecule has 1 unspecified atom stereocenters. The summed E-state index contributed by atoms with van der Waals surface area (Å²) in [6.45, 7) is 11.8. The number of rotatable bonds is 5. The Morgan fingerprint density at radius 3 is 2.09 bits per heavy atom. The summed E-state index contributed by atoms with van der Waals surface area (Å²) in [6.07, 6.45) is 0. The fourth-order valence-corrected chi connectivity index (χ4v) is 6.28. The van der Waals surface area contributed by atoms with E-state index in [1.54, 1.807) is 4.31 Å². The predicted octanol–water partition coefficient (Wildman–Crippen LogP) is 4.04. The highest BCUT2D eigenvalue weighted by atomic mass is 32.2. The van der Waals surface area contributed by atoms with Crippen molar-refractivity contribution in [3.63, 3.8) is 0 Å². The van der Waals surface area contributed by atoms with Crippen LogP contribution in [-0.2, 0) is 10.0 Å². The van der Waals surface area contributed by atoms with Crippen molar-refractivity contribution in [2.45, 2.75) is 45.6 Å². The lowest BCUT2D eigenvalue weighted by Crippen LogP contribution is -2.49. The fourth-order valence-electron chi connectivity index (χ4n) is 4.28. The molecule has 2 aromatic carbocycles. The van der Waals surface area contributed by atoms with E-state index in [1.807, 2.05) is 65.0 Å². The van der Waals surface area contributed by atoms with Gasteiger partial charge in [-0.2, -0.15) is 4.31 Å². The molecule has 1 atom stereocenters. The predicted molar refractivity (Wildman–Crippen MR) is 124 cm³/mol. The first-order chi connectivity index (χ1) is 15.2. The van der Waals surface area contributed by atoms with Gasteiger partial charge < -0.3 is 4.42 Å². The molecule has 170 valence electrons. The summed E-state index contributed by atoms with van der Waals surface area (Å²) >= 11 is 0. The molecule has 32 heavy (non-hydrogen) atoms. The van der Waals surface area contributed by atoms with Gasteiger partial charge in [0.15, 0.2) is 0 Å². The fraction of sp³-hybridized carbons (Fsp3) is 0.417. The van der Waals surface area contributed by atoms with Gasteiger partial charge >= 0.3 is 0 Å². The molecule has 8 heteroatoms. The zero-order valence-electron chi connectivity index (χ0n) is 19.3. The highest BCUT2D eigenvalue weighted by Crippen LogP contribution is 2.30. The zero-order chi connectivity index (χ0) is 23.0. The average Bonchev–Trinajstić information content (AvgIpc) is 3.28. The van der Waals surface area contributed by atoms with Gasteiger partial charge in [0.2, 0.25) is 21.8 Å². The van der Waals surface area contributed by atoms with Crippen molar-refractivity contribution < 1.29 is 12.8 Å². The van der Waals surface area contributed by atoms with E-state index in [9.17, 15) is 8.42 Å². The van der Waals surface area contributed by atoms with Gasteiger partial charge in [-0.3, -0.25) is 4.90 Å². The summed E-state index contributed by atoms with van der Waals surface area (Å²) < 4.78 is 34.5. The maximum absolute atomic E-state index is 13.5. The molecule has 7 nitrogen and oxygen atoms in total. The van der Waals surface area contributed by atoms with E-state index in [0.717, 1.165) is 27.8 Å². The number of hydrogen-bond acceptors (Lipinski definition) is 6. The molecule has 1 fully saturated rings. The Morgan fingerprint density at radius 2 is 1.50 bits per heavy atom. The van der Waals surface area contributed by atoms with Gasteiger partial charge in [0, 0.05) is 31.7 Å². The Hall–Kier alpha value is -2.55. The summed E-state index contributed by atoms with van der Waals surface area (Å²) in [5, 5.41) is 8.42. The highest BCUT2D eigenvalue weighted by molar-refractivity contribution is 7.89. The van der Waals surface area contributed by atoms with Gasteiger partial charge in [-0.05, 0) is 69.0 Å². The quantitative estimate of drug-likeness (QED) is 0.579. The van der Waals surface area contributed by atoms with Gasteiger partial charge in [0.05, 0.1) is 10.9 Å². The number of sulfonamides is 1. The molecule has 0 bridgehead atoms. The monoisotopic (exact) mass is 454 g/mol. The lowest BCUT2D eigenvalue weighted by atomic mass is 10.0. The van der Waals surface area contributed by atoms with Crippen molar-refractivity contribution in [3.05, 3.63) is 64.5 Å². The van der Waals surface area contributed by atoms with Crippen molar-refractivity contribution >= 4 is 10.0 Å². The summed E-state index contributed by atoms with van der Waals surface area (Å²) in [6, 6.07) is 11.6. The standard InChI is InChI=1S/C24H30N4O3S/c1-16-15-17(2)19(4)22(18(16)3)32(29,30)28-13-11-27(12-14-28)20(5)23-25-26-24(31-23)21-9-7-6-8-10-21/h6-10,15,20H,11-14H2,1-5H3. The van der Waals surface area contributed by atoms with Crippen molar-refractivity contribution in [1.29, 1.82) is 0 Å². The van der Waals surface area contributed by atoms with Crippen LogP contribution in [0.4, 0.5) is 0 Å². The first kappa shape index (κ1) is 22.6. The molecule has 1 saturated heterocycles. The normalized spacial score (nSPS) is 16.9. The summed E-state index contributed by atoms with van der Waals surface area (Å²) in [5.74, 6) is 1.04. The van der Waals surface area contributed by atoms with E-state index in [-0.39, 0.29) is 6.04 Å².